The third kappa shape index (κ3) is 2.69. The summed E-state index contributed by atoms with van der Waals surface area (Å²) in [6.07, 6.45) is 0. The van der Waals surface area contributed by atoms with Crippen LogP contribution in [0.4, 0.5) is 10.1 Å². The molecule has 0 fully saturated rings. The van der Waals surface area contributed by atoms with Crippen LogP contribution in [0.1, 0.15) is 16.1 Å². The maximum absolute atomic E-state index is 14.3. The number of anilines is 1. The molecule has 0 atom stereocenters. The predicted molar refractivity (Wildman–Crippen MR) is 80.1 cm³/mol. The summed E-state index contributed by atoms with van der Waals surface area (Å²) in [4.78, 5) is 15.6. The van der Waals surface area contributed by atoms with E-state index in [1.165, 1.54) is 18.2 Å². The number of hydrogen-bond acceptors (Lipinski definition) is 5. The van der Waals surface area contributed by atoms with Crippen LogP contribution in [0.5, 0.6) is 0 Å². The monoisotopic (exact) mass is 339 g/mol. The number of aromatic nitrogens is 1. The molecular weight excluding hydrogens is 332 g/mol. The fourth-order valence-electron chi connectivity index (χ4n) is 1.77. The van der Waals surface area contributed by atoms with Gasteiger partial charge < -0.3 is 10.5 Å². The van der Waals surface area contributed by atoms with Crippen LogP contribution < -0.4 is 5.73 Å². The van der Waals surface area contributed by atoms with E-state index in [1.54, 1.807) is 6.07 Å². The van der Waals surface area contributed by atoms with Gasteiger partial charge in [-0.05, 0) is 18.2 Å². The summed E-state index contributed by atoms with van der Waals surface area (Å²) in [5.41, 5.74) is 5.17. The molecule has 2 rings (SSSR count). The number of carbonyl (C=O) groups is 1. The van der Waals surface area contributed by atoms with Crippen molar-refractivity contribution in [2.45, 2.75) is 0 Å². The lowest BCUT2D eigenvalue weighted by Crippen LogP contribution is -2.08. The highest BCUT2D eigenvalue weighted by molar-refractivity contribution is 6.35. The molecule has 0 saturated carbocycles. The summed E-state index contributed by atoms with van der Waals surface area (Å²) in [5.74, 6) is -1.67. The third-order valence-corrected chi connectivity index (χ3v) is 3.56. The van der Waals surface area contributed by atoms with E-state index in [2.05, 4.69) is 9.72 Å². The lowest BCUT2D eigenvalue weighted by Gasteiger charge is -2.10. The molecule has 0 spiro atoms. The number of ether oxygens (including phenoxy) is 1. The van der Waals surface area contributed by atoms with Crippen LogP contribution in [-0.2, 0) is 4.74 Å². The van der Waals surface area contributed by atoms with Crippen molar-refractivity contribution in [1.82, 2.24) is 4.98 Å². The fraction of sp³-hybridized carbons (Fsp3) is 0.0714. The highest BCUT2D eigenvalue weighted by Gasteiger charge is 2.20. The van der Waals surface area contributed by atoms with E-state index < -0.39 is 11.8 Å². The largest absolute Gasteiger partial charge is 0.464 e. The van der Waals surface area contributed by atoms with Gasteiger partial charge in [-0.1, -0.05) is 23.2 Å². The first-order valence-electron chi connectivity index (χ1n) is 5.83. The first-order valence-corrected chi connectivity index (χ1v) is 6.59. The topological polar surface area (TPSA) is 89.0 Å². The number of nitrogens with two attached hydrogens (primary N) is 1. The molecule has 1 heterocycles. The Kier molecular flexibility index (Phi) is 4.50. The second-order valence-electron chi connectivity index (χ2n) is 4.15. The predicted octanol–water partition coefficient (Wildman–Crippen LogP) is 3.43. The molecule has 112 valence electrons. The van der Waals surface area contributed by atoms with Crippen molar-refractivity contribution in [3.05, 3.63) is 45.3 Å². The Bertz CT molecular complexity index is 819. The smallest absolute Gasteiger partial charge is 0.358 e. The maximum Gasteiger partial charge on any atom is 0.358 e. The van der Waals surface area contributed by atoms with Crippen molar-refractivity contribution in [3.63, 3.8) is 0 Å². The minimum Gasteiger partial charge on any atom is -0.464 e. The molecule has 0 radical (unpaired) electrons. The van der Waals surface area contributed by atoms with Crippen LogP contribution in [0.25, 0.3) is 11.3 Å². The van der Waals surface area contributed by atoms with Gasteiger partial charge in [-0.25, -0.2) is 14.2 Å². The lowest BCUT2D eigenvalue weighted by molar-refractivity contribution is 0.0594. The second-order valence-corrected chi connectivity index (χ2v) is 4.93. The van der Waals surface area contributed by atoms with E-state index in [9.17, 15) is 9.18 Å². The number of rotatable bonds is 2. The van der Waals surface area contributed by atoms with Crippen LogP contribution in [0.15, 0.2) is 18.2 Å². The zero-order valence-corrected chi connectivity index (χ0v) is 12.7. The number of esters is 1. The number of nitrogens with zero attached hydrogens (tertiary/aromatic N) is 2. The van der Waals surface area contributed by atoms with Crippen molar-refractivity contribution in [3.8, 4) is 17.3 Å². The SMILES string of the molecule is COC(=O)c1nc(-c2ccc(Cl)c(C#N)c2F)cc(N)c1Cl. The molecule has 22 heavy (non-hydrogen) atoms. The number of benzene rings is 1. The van der Waals surface area contributed by atoms with Crippen LogP contribution >= 0.6 is 23.2 Å². The molecule has 0 bridgehead atoms. The van der Waals surface area contributed by atoms with Gasteiger partial charge in [-0.2, -0.15) is 5.26 Å². The highest BCUT2D eigenvalue weighted by Crippen LogP contribution is 2.32. The molecule has 8 heteroatoms. The van der Waals surface area contributed by atoms with Crippen molar-refractivity contribution in [2.24, 2.45) is 0 Å². The Hall–Kier alpha value is -2.36. The third-order valence-electron chi connectivity index (χ3n) is 2.84. The van der Waals surface area contributed by atoms with Gasteiger partial charge in [-0.15, -0.1) is 0 Å². The van der Waals surface area contributed by atoms with Gasteiger partial charge in [0.15, 0.2) is 11.5 Å². The second kappa shape index (κ2) is 6.18. The number of hydrogen-bond donors (Lipinski definition) is 1. The van der Waals surface area contributed by atoms with Crippen molar-refractivity contribution >= 4 is 34.9 Å². The molecule has 0 aliphatic heterocycles. The summed E-state index contributed by atoms with van der Waals surface area (Å²) >= 11 is 11.6. The first-order chi connectivity index (χ1) is 10.4. The maximum atomic E-state index is 14.3. The molecule has 2 aromatic rings. The summed E-state index contributed by atoms with van der Waals surface area (Å²) < 4.78 is 18.9. The number of pyridine rings is 1. The van der Waals surface area contributed by atoms with Crippen molar-refractivity contribution in [2.75, 3.05) is 12.8 Å². The van der Waals surface area contributed by atoms with Gasteiger partial charge in [0.05, 0.1) is 28.5 Å². The Morgan fingerprint density at radius 3 is 2.73 bits per heavy atom. The van der Waals surface area contributed by atoms with E-state index in [0.29, 0.717) is 0 Å². The van der Waals surface area contributed by atoms with Gasteiger partial charge in [0.2, 0.25) is 0 Å². The summed E-state index contributed by atoms with van der Waals surface area (Å²) in [5, 5.41) is 8.81. The molecule has 0 saturated heterocycles. The number of nitrogen functional groups attached to an aromatic ring is 1. The molecule has 0 unspecified atom stereocenters. The minimum absolute atomic E-state index is 0.0277. The number of halogens is 3. The van der Waals surface area contributed by atoms with Gasteiger partial charge in [0.1, 0.15) is 11.6 Å². The van der Waals surface area contributed by atoms with Crippen LogP contribution in [-0.4, -0.2) is 18.1 Å². The molecule has 1 aromatic heterocycles. The molecular formula is C14H8Cl2FN3O2. The molecule has 5 nitrogen and oxygen atoms in total. The average Bonchev–Trinajstić information content (AvgIpc) is 2.50. The van der Waals surface area contributed by atoms with Gasteiger partial charge in [0.25, 0.3) is 0 Å². The average molecular weight is 340 g/mol. The summed E-state index contributed by atoms with van der Waals surface area (Å²) in [7, 11) is 1.15. The highest BCUT2D eigenvalue weighted by atomic mass is 35.5. The Morgan fingerprint density at radius 1 is 1.45 bits per heavy atom. The van der Waals surface area contributed by atoms with Crippen LogP contribution in [0, 0.1) is 17.1 Å². The summed E-state index contributed by atoms with van der Waals surface area (Å²) in [6, 6.07) is 5.64. The van der Waals surface area contributed by atoms with Gasteiger partial charge in [-0.3, -0.25) is 0 Å². The van der Waals surface area contributed by atoms with E-state index in [4.69, 9.17) is 34.2 Å². The van der Waals surface area contributed by atoms with E-state index in [1.807, 2.05) is 0 Å². The quantitative estimate of drug-likeness (QED) is 0.846. The van der Waals surface area contributed by atoms with Gasteiger partial charge in [0, 0.05) is 5.56 Å². The van der Waals surface area contributed by atoms with Gasteiger partial charge >= 0.3 is 5.97 Å². The standard InChI is InChI=1S/C14H8Cl2FN3O2/c1-22-14(21)13-11(16)9(19)4-10(20-13)6-2-3-8(15)7(5-18)12(6)17/h2-4H,1H3,(H2,19,20). The normalized spacial score (nSPS) is 10.1. The van der Waals surface area contributed by atoms with E-state index in [0.717, 1.165) is 7.11 Å². The number of methoxy groups -OCH3 is 1. The Balaban J connectivity index is 2.72. The van der Waals surface area contributed by atoms with Crippen molar-refractivity contribution < 1.29 is 13.9 Å². The van der Waals surface area contributed by atoms with E-state index >= 15 is 0 Å². The fourth-order valence-corrected chi connectivity index (χ4v) is 2.13. The minimum atomic E-state index is -0.861. The zero-order valence-electron chi connectivity index (χ0n) is 11.2. The molecule has 0 aliphatic carbocycles. The zero-order chi connectivity index (χ0) is 16.4. The molecule has 0 amide bonds. The molecule has 0 aliphatic rings. The Morgan fingerprint density at radius 2 is 2.14 bits per heavy atom. The Labute approximate surface area is 135 Å². The van der Waals surface area contributed by atoms with E-state index in [-0.39, 0.29) is 38.2 Å². The molecule has 1 aromatic carbocycles. The number of nitriles is 1. The first kappa shape index (κ1) is 16.0. The lowest BCUT2D eigenvalue weighted by atomic mass is 10.1. The number of carbonyl (C=O) groups excluding carboxylic acids is 1. The van der Waals surface area contributed by atoms with Crippen LogP contribution in [0.3, 0.4) is 0 Å². The van der Waals surface area contributed by atoms with Crippen molar-refractivity contribution in [1.29, 1.82) is 5.26 Å². The van der Waals surface area contributed by atoms with Crippen LogP contribution in [0.2, 0.25) is 10.0 Å². The molecule has 2 N–H and O–H groups in total. The summed E-state index contributed by atoms with van der Waals surface area (Å²) in [6.45, 7) is 0.